The van der Waals surface area contributed by atoms with Crippen molar-refractivity contribution in [1.82, 2.24) is 5.23 Å². The molecule has 4 aromatic rings. The molecule has 0 saturated carbocycles. The van der Waals surface area contributed by atoms with Gasteiger partial charge in [-0.1, -0.05) is 102 Å². The van der Waals surface area contributed by atoms with Crippen LogP contribution in [0.5, 0.6) is 0 Å². The van der Waals surface area contributed by atoms with Crippen LogP contribution in [0.3, 0.4) is 0 Å². The average Bonchev–Trinajstić information content (AvgIpc) is 3.02. The Morgan fingerprint density at radius 2 is 1.60 bits per heavy atom. The lowest BCUT2D eigenvalue weighted by atomic mass is 9.55. The average molecular weight is 551 g/mol. The summed E-state index contributed by atoms with van der Waals surface area (Å²) in [6, 6.07) is 29.4. The SMILES string of the molecule is Cc1ccc(/C=C/C(=O)Nc2ccc(NC(=O)Cc3ccc(B4C=CC=CN4)cc3)c(C(=O)c3ccccc3)c2)cc1. The minimum absolute atomic E-state index is 0.0986. The molecule has 0 aliphatic carbocycles. The molecule has 2 amide bonds. The second kappa shape index (κ2) is 13.3. The van der Waals surface area contributed by atoms with Crippen molar-refractivity contribution < 1.29 is 14.4 Å². The number of nitrogens with one attached hydrogen (secondary N) is 3. The summed E-state index contributed by atoms with van der Waals surface area (Å²) in [5.41, 5.74) is 5.58. The summed E-state index contributed by atoms with van der Waals surface area (Å²) in [4.78, 5) is 39.2. The van der Waals surface area contributed by atoms with Crippen molar-refractivity contribution in [3.05, 3.63) is 155 Å². The van der Waals surface area contributed by atoms with E-state index in [1.165, 1.54) is 6.08 Å². The molecular weight excluding hydrogens is 521 g/mol. The van der Waals surface area contributed by atoms with Gasteiger partial charge in [-0.25, -0.2) is 0 Å². The van der Waals surface area contributed by atoms with Crippen molar-refractivity contribution in [2.45, 2.75) is 13.3 Å². The smallest absolute Gasteiger partial charge is 0.312 e. The molecule has 0 unspecified atom stereocenters. The highest BCUT2D eigenvalue weighted by Crippen LogP contribution is 2.24. The van der Waals surface area contributed by atoms with Gasteiger partial charge in [0.05, 0.1) is 12.1 Å². The van der Waals surface area contributed by atoms with E-state index in [9.17, 15) is 14.4 Å². The fourth-order valence-electron chi connectivity index (χ4n) is 4.57. The van der Waals surface area contributed by atoms with Gasteiger partial charge in [-0.15, -0.1) is 0 Å². The molecule has 7 heteroatoms. The van der Waals surface area contributed by atoms with Crippen molar-refractivity contribution >= 4 is 47.4 Å². The zero-order valence-corrected chi connectivity index (χ0v) is 23.2. The molecule has 206 valence electrons. The first-order valence-corrected chi connectivity index (χ1v) is 13.7. The predicted molar refractivity (Wildman–Crippen MR) is 171 cm³/mol. The Morgan fingerprint density at radius 3 is 2.31 bits per heavy atom. The molecule has 42 heavy (non-hydrogen) atoms. The maximum atomic E-state index is 13.5. The number of ketones is 1. The first-order chi connectivity index (χ1) is 20.4. The van der Waals surface area contributed by atoms with Crippen LogP contribution in [0.2, 0.25) is 0 Å². The van der Waals surface area contributed by atoms with Crippen LogP contribution in [0.4, 0.5) is 11.4 Å². The first kappa shape index (κ1) is 28.1. The highest BCUT2D eigenvalue weighted by atomic mass is 16.2. The third-order valence-electron chi connectivity index (χ3n) is 6.84. The Morgan fingerprint density at radius 1 is 0.833 bits per heavy atom. The third-order valence-corrected chi connectivity index (χ3v) is 6.84. The fourth-order valence-corrected chi connectivity index (χ4v) is 4.57. The summed E-state index contributed by atoms with van der Waals surface area (Å²) in [5, 5.41) is 9.00. The summed E-state index contributed by atoms with van der Waals surface area (Å²) in [6.07, 6.45) is 9.16. The summed E-state index contributed by atoms with van der Waals surface area (Å²) < 4.78 is 0. The predicted octanol–water partition coefficient (Wildman–Crippen LogP) is 5.47. The molecule has 3 N–H and O–H groups in total. The number of carbonyl (C=O) groups excluding carboxylic acids is 3. The minimum atomic E-state index is -0.330. The van der Waals surface area contributed by atoms with E-state index in [0.717, 1.165) is 22.2 Å². The zero-order valence-electron chi connectivity index (χ0n) is 23.2. The molecule has 5 rings (SSSR count). The van der Waals surface area contributed by atoms with Gasteiger partial charge in [-0.3, -0.25) is 14.4 Å². The van der Waals surface area contributed by atoms with E-state index >= 15 is 0 Å². The van der Waals surface area contributed by atoms with Crippen LogP contribution in [0, 0.1) is 6.92 Å². The number of hydrogen-bond acceptors (Lipinski definition) is 4. The summed E-state index contributed by atoms with van der Waals surface area (Å²) >= 11 is 0. The molecule has 4 aromatic carbocycles. The molecule has 0 bridgehead atoms. The van der Waals surface area contributed by atoms with Crippen LogP contribution < -0.4 is 21.3 Å². The van der Waals surface area contributed by atoms with Gasteiger partial charge in [0.2, 0.25) is 11.8 Å². The van der Waals surface area contributed by atoms with Crippen molar-refractivity contribution in [3.8, 4) is 0 Å². The van der Waals surface area contributed by atoms with E-state index in [1.54, 1.807) is 48.5 Å². The topological polar surface area (TPSA) is 87.3 Å². The van der Waals surface area contributed by atoms with Crippen molar-refractivity contribution in [3.63, 3.8) is 0 Å². The standard InChI is InChI=1S/C35H30BN3O3/c1-25-9-11-26(12-10-25)15-20-33(40)38-30-18-19-32(31(24-30)35(42)28-7-3-2-4-8-28)39-34(41)23-27-13-16-29(17-14-27)36-21-5-6-22-37-36/h2-22,24,37H,23H2,1H3,(H,38,40)(H,39,41)/b20-15+. The first-order valence-electron chi connectivity index (χ1n) is 13.7. The summed E-state index contributed by atoms with van der Waals surface area (Å²) in [6.45, 7) is 2.10. The molecule has 1 aliphatic heterocycles. The number of rotatable bonds is 9. The van der Waals surface area contributed by atoms with E-state index in [0.29, 0.717) is 16.9 Å². The maximum Gasteiger partial charge on any atom is 0.312 e. The Kier molecular flexibility index (Phi) is 8.89. The van der Waals surface area contributed by atoms with Gasteiger partial charge in [-0.05, 0) is 54.6 Å². The van der Waals surface area contributed by atoms with Gasteiger partial charge in [0, 0.05) is 22.9 Å². The second-order valence-electron chi connectivity index (χ2n) is 10.0. The highest BCUT2D eigenvalue weighted by molar-refractivity contribution is 6.76. The third kappa shape index (κ3) is 7.40. The van der Waals surface area contributed by atoms with Gasteiger partial charge in [-0.2, -0.15) is 0 Å². The van der Waals surface area contributed by atoms with E-state index in [2.05, 4.69) is 21.8 Å². The molecule has 0 fully saturated rings. The molecule has 0 spiro atoms. The number of aryl methyl sites for hydroxylation is 1. The van der Waals surface area contributed by atoms with Crippen LogP contribution in [0.25, 0.3) is 6.08 Å². The lowest BCUT2D eigenvalue weighted by Gasteiger charge is -2.14. The zero-order chi connectivity index (χ0) is 29.3. The summed E-state index contributed by atoms with van der Waals surface area (Å²) in [5.74, 6) is 1.23. The van der Waals surface area contributed by atoms with Crippen LogP contribution in [0.15, 0.2) is 127 Å². The monoisotopic (exact) mass is 551 g/mol. The second-order valence-corrected chi connectivity index (χ2v) is 10.0. The largest absolute Gasteiger partial charge is 0.427 e. The van der Waals surface area contributed by atoms with Crippen LogP contribution in [0.1, 0.15) is 32.6 Å². The van der Waals surface area contributed by atoms with E-state index in [1.807, 2.05) is 79.9 Å². The number of amides is 2. The van der Waals surface area contributed by atoms with Crippen LogP contribution in [-0.4, -0.2) is 24.4 Å². The number of allylic oxidation sites excluding steroid dienone is 2. The van der Waals surface area contributed by atoms with E-state index in [-0.39, 0.29) is 36.4 Å². The van der Waals surface area contributed by atoms with Crippen molar-refractivity contribution in [2.24, 2.45) is 0 Å². The molecule has 0 radical (unpaired) electrons. The Hall–Kier alpha value is -5.43. The molecular formula is C35H30BN3O3. The van der Waals surface area contributed by atoms with Crippen LogP contribution >= 0.6 is 0 Å². The van der Waals surface area contributed by atoms with Gasteiger partial charge < -0.3 is 15.9 Å². The Labute approximate surface area is 246 Å². The van der Waals surface area contributed by atoms with Crippen LogP contribution in [-0.2, 0) is 16.0 Å². The normalized spacial score (nSPS) is 12.2. The molecule has 1 aliphatic rings. The van der Waals surface area contributed by atoms with Gasteiger partial charge in [0.25, 0.3) is 0 Å². The van der Waals surface area contributed by atoms with Crippen molar-refractivity contribution in [2.75, 3.05) is 10.6 Å². The maximum absolute atomic E-state index is 13.5. The van der Waals surface area contributed by atoms with E-state index < -0.39 is 0 Å². The van der Waals surface area contributed by atoms with Gasteiger partial charge in [0.1, 0.15) is 0 Å². The number of hydrogen-bond donors (Lipinski definition) is 3. The number of anilines is 2. The lowest BCUT2D eigenvalue weighted by molar-refractivity contribution is -0.115. The van der Waals surface area contributed by atoms with E-state index in [4.69, 9.17) is 0 Å². The molecule has 0 saturated heterocycles. The molecule has 1 heterocycles. The number of carbonyl (C=O) groups is 3. The van der Waals surface area contributed by atoms with Gasteiger partial charge >= 0.3 is 6.85 Å². The number of benzene rings is 4. The Balaban J connectivity index is 1.31. The highest BCUT2D eigenvalue weighted by Gasteiger charge is 2.18. The quantitative estimate of drug-likeness (QED) is 0.146. The molecule has 6 nitrogen and oxygen atoms in total. The Bertz CT molecular complexity index is 1680. The minimum Gasteiger partial charge on any atom is -0.427 e. The van der Waals surface area contributed by atoms with Crippen molar-refractivity contribution in [1.29, 1.82) is 0 Å². The molecule has 0 atom stereocenters. The summed E-state index contributed by atoms with van der Waals surface area (Å²) in [7, 11) is 0. The van der Waals surface area contributed by atoms with Gasteiger partial charge in [0.15, 0.2) is 5.78 Å². The lowest BCUT2D eigenvalue weighted by Crippen LogP contribution is -2.41. The fraction of sp³-hybridized carbons (Fsp3) is 0.0571. The molecule has 0 aromatic heterocycles.